The van der Waals surface area contributed by atoms with Gasteiger partial charge in [-0.25, -0.2) is 9.88 Å². The molecule has 2 heterocycles. The summed E-state index contributed by atoms with van der Waals surface area (Å²) in [5.41, 5.74) is 8.62. The number of morpholine rings is 1. The highest BCUT2D eigenvalue weighted by Gasteiger charge is 2.37. The van der Waals surface area contributed by atoms with E-state index in [0.29, 0.717) is 13.2 Å². The van der Waals surface area contributed by atoms with E-state index in [-0.39, 0.29) is 30.9 Å². The molecular formula is C22H28N4O4S. The largest absolute Gasteiger partial charge is 0.378 e. The SMILES string of the molecule is CC(=O)CCC(=O)N(C(=O)[C@](C)(N)Cc1cccc(N2CCOCC2)c1)c1cscn1. The number of ether oxygens (including phenoxy) is 1. The van der Waals surface area contributed by atoms with Gasteiger partial charge >= 0.3 is 0 Å². The second-order valence-corrected chi connectivity index (χ2v) is 8.67. The Hall–Kier alpha value is -2.62. The normalized spacial score (nSPS) is 15.9. The first-order chi connectivity index (χ1) is 14.8. The molecule has 1 atom stereocenters. The van der Waals surface area contributed by atoms with Crippen LogP contribution in [0.2, 0.25) is 0 Å². The molecule has 1 aromatic heterocycles. The van der Waals surface area contributed by atoms with Crippen LogP contribution in [-0.2, 0) is 25.5 Å². The standard InChI is InChI=1S/C22H28N4O4S/c1-16(27)6-7-20(28)26(19-14-31-15-24-19)21(29)22(2,23)13-17-4-3-5-18(12-17)25-8-10-30-11-9-25/h3-5,12,14-15H,6-11,13,23H2,1-2H3/t22-/m1/s1. The monoisotopic (exact) mass is 444 g/mol. The Bertz CT molecular complexity index is 923. The Labute approximate surface area is 186 Å². The van der Waals surface area contributed by atoms with Gasteiger partial charge in [0, 0.05) is 37.0 Å². The molecule has 0 bridgehead atoms. The third-order valence-electron chi connectivity index (χ3n) is 5.14. The molecule has 2 amide bonds. The quantitative estimate of drug-likeness (QED) is 0.665. The van der Waals surface area contributed by atoms with Crippen molar-refractivity contribution in [2.24, 2.45) is 5.73 Å². The second kappa shape index (κ2) is 10.1. The molecule has 2 N–H and O–H groups in total. The lowest BCUT2D eigenvalue weighted by molar-refractivity contribution is -0.130. The maximum absolute atomic E-state index is 13.4. The number of carbonyl (C=O) groups excluding carboxylic acids is 3. The lowest BCUT2D eigenvalue weighted by Crippen LogP contribution is -2.56. The van der Waals surface area contributed by atoms with E-state index >= 15 is 0 Å². The number of aromatic nitrogens is 1. The molecule has 9 heteroatoms. The molecular weight excluding hydrogens is 416 g/mol. The van der Waals surface area contributed by atoms with E-state index in [9.17, 15) is 14.4 Å². The van der Waals surface area contributed by atoms with Crippen molar-refractivity contribution in [2.45, 2.75) is 38.6 Å². The number of nitrogens with zero attached hydrogens (tertiary/aromatic N) is 3. The van der Waals surface area contributed by atoms with Gasteiger partial charge in [-0.1, -0.05) is 12.1 Å². The Kier molecular flexibility index (Phi) is 7.53. The van der Waals surface area contributed by atoms with Gasteiger partial charge in [0.25, 0.3) is 5.91 Å². The number of ketones is 1. The van der Waals surface area contributed by atoms with E-state index in [1.54, 1.807) is 17.8 Å². The summed E-state index contributed by atoms with van der Waals surface area (Å²) in [6.07, 6.45) is 0.251. The van der Waals surface area contributed by atoms with Gasteiger partial charge in [0.15, 0.2) is 5.82 Å². The fourth-order valence-corrected chi connectivity index (χ4v) is 4.01. The average Bonchev–Trinajstić information content (AvgIpc) is 3.27. The van der Waals surface area contributed by atoms with Crippen molar-refractivity contribution in [2.75, 3.05) is 36.1 Å². The number of amides is 2. The van der Waals surface area contributed by atoms with E-state index in [1.807, 2.05) is 24.3 Å². The molecule has 1 aromatic carbocycles. The summed E-state index contributed by atoms with van der Waals surface area (Å²) in [4.78, 5) is 44.9. The molecule has 0 aliphatic carbocycles. The summed E-state index contributed by atoms with van der Waals surface area (Å²) >= 11 is 1.28. The third kappa shape index (κ3) is 5.96. The molecule has 8 nitrogen and oxygen atoms in total. The Balaban J connectivity index is 1.79. The molecule has 166 valence electrons. The fraction of sp³-hybridized carbons (Fsp3) is 0.455. The zero-order valence-corrected chi connectivity index (χ0v) is 18.7. The van der Waals surface area contributed by atoms with Gasteiger partial charge < -0.3 is 20.2 Å². The van der Waals surface area contributed by atoms with Gasteiger partial charge in [-0.05, 0) is 38.0 Å². The summed E-state index contributed by atoms with van der Waals surface area (Å²) in [7, 11) is 0. The molecule has 0 unspecified atom stereocenters. The number of imide groups is 1. The molecule has 1 aliphatic heterocycles. The van der Waals surface area contributed by atoms with Crippen LogP contribution in [0.15, 0.2) is 35.2 Å². The molecule has 31 heavy (non-hydrogen) atoms. The summed E-state index contributed by atoms with van der Waals surface area (Å²) in [5, 5.41) is 1.62. The van der Waals surface area contributed by atoms with Gasteiger partial charge in [-0.15, -0.1) is 11.3 Å². The van der Waals surface area contributed by atoms with E-state index < -0.39 is 17.4 Å². The maximum Gasteiger partial charge on any atom is 0.255 e. The number of hydrogen-bond donors (Lipinski definition) is 1. The van der Waals surface area contributed by atoms with Crippen LogP contribution in [0, 0.1) is 0 Å². The Morgan fingerprint density at radius 2 is 2.00 bits per heavy atom. The third-order valence-corrected chi connectivity index (χ3v) is 5.71. The average molecular weight is 445 g/mol. The van der Waals surface area contributed by atoms with Gasteiger partial charge in [-0.3, -0.25) is 9.59 Å². The zero-order chi connectivity index (χ0) is 22.4. The minimum Gasteiger partial charge on any atom is -0.378 e. The zero-order valence-electron chi connectivity index (χ0n) is 17.9. The molecule has 1 aliphatic rings. The lowest BCUT2D eigenvalue weighted by atomic mass is 9.91. The number of rotatable bonds is 8. The lowest BCUT2D eigenvalue weighted by Gasteiger charge is -2.31. The first-order valence-electron chi connectivity index (χ1n) is 10.2. The Morgan fingerprint density at radius 3 is 2.65 bits per heavy atom. The highest BCUT2D eigenvalue weighted by molar-refractivity contribution is 7.08. The first-order valence-corrected chi connectivity index (χ1v) is 11.2. The number of anilines is 2. The van der Waals surface area contributed by atoms with Gasteiger partial charge in [0.05, 0.1) is 24.3 Å². The van der Waals surface area contributed by atoms with Crippen molar-refractivity contribution in [1.29, 1.82) is 0 Å². The molecule has 2 aromatic rings. The fourth-order valence-electron chi connectivity index (χ4n) is 3.50. The summed E-state index contributed by atoms with van der Waals surface area (Å²) in [6.45, 7) is 6.02. The smallest absolute Gasteiger partial charge is 0.255 e. The minimum atomic E-state index is -1.33. The highest BCUT2D eigenvalue weighted by Crippen LogP contribution is 2.24. The predicted molar refractivity (Wildman–Crippen MR) is 120 cm³/mol. The van der Waals surface area contributed by atoms with Crippen LogP contribution in [0.4, 0.5) is 11.5 Å². The van der Waals surface area contributed by atoms with Crippen molar-refractivity contribution in [3.8, 4) is 0 Å². The number of thiazole rings is 1. The maximum atomic E-state index is 13.4. The minimum absolute atomic E-state index is 0.0651. The summed E-state index contributed by atoms with van der Waals surface area (Å²) < 4.78 is 5.41. The van der Waals surface area contributed by atoms with Crippen LogP contribution in [0.1, 0.15) is 32.3 Å². The molecule has 1 saturated heterocycles. The predicted octanol–water partition coefficient (Wildman–Crippen LogP) is 2.17. The van der Waals surface area contributed by atoms with E-state index in [1.165, 1.54) is 18.3 Å². The number of carbonyl (C=O) groups is 3. The van der Waals surface area contributed by atoms with E-state index in [2.05, 4.69) is 9.88 Å². The van der Waals surface area contributed by atoms with Crippen molar-refractivity contribution in [3.63, 3.8) is 0 Å². The van der Waals surface area contributed by atoms with E-state index in [4.69, 9.17) is 10.5 Å². The summed E-state index contributed by atoms with van der Waals surface area (Å²) in [5.74, 6) is -0.898. The number of hydrogen-bond acceptors (Lipinski definition) is 8. The Morgan fingerprint density at radius 1 is 1.26 bits per heavy atom. The van der Waals surface area contributed by atoms with Crippen molar-refractivity contribution in [3.05, 3.63) is 40.7 Å². The molecule has 0 radical (unpaired) electrons. The first kappa shape index (κ1) is 23.1. The van der Waals surface area contributed by atoms with Crippen molar-refractivity contribution in [1.82, 2.24) is 4.98 Å². The van der Waals surface area contributed by atoms with Gasteiger partial charge in [0.1, 0.15) is 5.78 Å². The van der Waals surface area contributed by atoms with E-state index in [0.717, 1.165) is 29.2 Å². The topological polar surface area (TPSA) is 106 Å². The molecule has 3 rings (SSSR count). The van der Waals surface area contributed by atoms with Crippen LogP contribution in [-0.4, -0.2) is 54.4 Å². The van der Waals surface area contributed by atoms with Gasteiger partial charge in [0.2, 0.25) is 5.91 Å². The molecule has 0 saturated carbocycles. The van der Waals surface area contributed by atoms with Gasteiger partial charge in [-0.2, -0.15) is 0 Å². The number of Topliss-reactive ketones (excluding diaryl/α,β-unsaturated/α-hetero) is 1. The summed E-state index contributed by atoms with van der Waals surface area (Å²) in [6, 6.07) is 7.91. The number of benzene rings is 1. The van der Waals surface area contributed by atoms with Crippen LogP contribution in [0.3, 0.4) is 0 Å². The number of nitrogens with two attached hydrogens (primary N) is 1. The van der Waals surface area contributed by atoms with Crippen LogP contribution in [0.25, 0.3) is 0 Å². The second-order valence-electron chi connectivity index (χ2n) is 7.95. The van der Waals surface area contributed by atoms with Crippen LogP contribution < -0.4 is 15.5 Å². The van der Waals surface area contributed by atoms with Crippen LogP contribution >= 0.6 is 11.3 Å². The van der Waals surface area contributed by atoms with Crippen molar-refractivity contribution < 1.29 is 19.1 Å². The highest BCUT2D eigenvalue weighted by atomic mass is 32.1. The molecule has 1 fully saturated rings. The van der Waals surface area contributed by atoms with Crippen LogP contribution in [0.5, 0.6) is 0 Å². The van der Waals surface area contributed by atoms with Crippen molar-refractivity contribution >= 4 is 40.4 Å². The molecule has 0 spiro atoms.